The molecule has 0 amide bonds. The maximum absolute atomic E-state index is 13.7. The fourth-order valence-electron chi connectivity index (χ4n) is 2.15. The standard InChI is InChI=1S/C11H11FN4/c12-8-6-9(7-4-2-1-3-5-7)16-10(8)14-11(13)15-16/h1-5,8-9H,6H2,(H2,13,15)/t8-,9-/m0/s1. The Morgan fingerprint density at radius 2 is 2.06 bits per heavy atom. The average Bonchev–Trinajstić information content (AvgIpc) is 2.80. The first kappa shape index (κ1) is 9.33. The van der Waals surface area contributed by atoms with Crippen LogP contribution in [-0.4, -0.2) is 14.8 Å². The van der Waals surface area contributed by atoms with Crippen LogP contribution in [-0.2, 0) is 0 Å². The highest BCUT2D eigenvalue weighted by molar-refractivity contribution is 5.26. The Labute approximate surface area is 91.9 Å². The Morgan fingerprint density at radius 3 is 2.81 bits per heavy atom. The molecule has 0 saturated carbocycles. The number of nitrogen functional groups attached to an aromatic ring is 1. The molecule has 2 heterocycles. The van der Waals surface area contributed by atoms with Gasteiger partial charge < -0.3 is 5.73 Å². The number of hydrogen-bond donors (Lipinski definition) is 1. The minimum absolute atomic E-state index is 0.0870. The van der Waals surface area contributed by atoms with Crippen molar-refractivity contribution < 1.29 is 4.39 Å². The number of hydrogen-bond acceptors (Lipinski definition) is 3. The monoisotopic (exact) mass is 218 g/mol. The van der Waals surface area contributed by atoms with Crippen LogP contribution < -0.4 is 5.73 Å². The summed E-state index contributed by atoms with van der Waals surface area (Å²) in [4.78, 5) is 3.90. The third-order valence-electron chi connectivity index (χ3n) is 2.86. The second-order valence-corrected chi connectivity index (χ2v) is 3.90. The Kier molecular flexibility index (Phi) is 1.92. The van der Waals surface area contributed by atoms with E-state index in [9.17, 15) is 4.39 Å². The molecule has 1 aromatic heterocycles. The summed E-state index contributed by atoms with van der Waals surface area (Å²) in [5, 5.41) is 4.04. The lowest BCUT2D eigenvalue weighted by Crippen LogP contribution is -2.07. The highest BCUT2D eigenvalue weighted by Crippen LogP contribution is 2.39. The van der Waals surface area contributed by atoms with Crippen LogP contribution in [0, 0.1) is 0 Å². The molecule has 0 spiro atoms. The summed E-state index contributed by atoms with van der Waals surface area (Å²) in [7, 11) is 0. The van der Waals surface area contributed by atoms with Crippen molar-refractivity contribution in [3.8, 4) is 0 Å². The number of rotatable bonds is 1. The highest BCUT2D eigenvalue weighted by Gasteiger charge is 2.34. The van der Waals surface area contributed by atoms with Gasteiger partial charge in [0.2, 0.25) is 5.95 Å². The van der Waals surface area contributed by atoms with Gasteiger partial charge in [-0.3, -0.25) is 0 Å². The molecule has 82 valence electrons. The molecule has 1 aliphatic heterocycles. The van der Waals surface area contributed by atoms with Crippen LogP contribution in [0.5, 0.6) is 0 Å². The molecule has 2 aromatic rings. The molecule has 0 radical (unpaired) electrons. The summed E-state index contributed by atoms with van der Waals surface area (Å²) in [6.45, 7) is 0. The SMILES string of the molecule is Nc1nc2n(n1)[C@H](c1ccccc1)C[C@@H]2F. The molecule has 0 unspecified atom stereocenters. The van der Waals surface area contributed by atoms with E-state index in [0.29, 0.717) is 12.2 Å². The van der Waals surface area contributed by atoms with Gasteiger partial charge in [0.25, 0.3) is 0 Å². The second kappa shape index (κ2) is 3.30. The van der Waals surface area contributed by atoms with Crippen LogP contribution in [0.3, 0.4) is 0 Å². The summed E-state index contributed by atoms with van der Waals surface area (Å²) >= 11 is 0. The van der Waals surface area contributed by atoms with Crippen molar-refractivity contribution in [2.75, 3.05) is 5.73 Å². The number of nitrogens with zero attached hydrogens (tertiary/aromatic N) is 3. The highest BCUT2D eigenvalue weighted by atomic mass is 19.1. The van der Waals surface area contributed by atoms with Crippen molar-refractivity contribution in [3.05, 3.63) is 41.7 Å². The number of benzene rings is 1. The molecule has 0 saturated heterocycles. The van der Waals surface area contributed by atoms with Gasteiger partial charge in [-0.25, -0.2) is 9.07 Å². The van der Waals surface area contributed by atoms with Gasteiger partial charge in [0.15, 0.2) is 12.0 Å². The van der Waals surface area contributed by atoms with Gasteiger partial charge in [-0.15, -0.1) is 5.10 Å². The van der Waals surface area contributed by atoms with E-state index >= 15 is 0 Å². The number of anilines is 1. The van der Waals surface area contributed by atoms with E-state index in [1.165, 1.54) is 0 Å². The van der Waals surface area contributed by atoms with E-state index in [0.717, 1.165) is 5.56 Å². The van der Waals surface area contributed by atoms with Crippen molar-refractivity contribution in [1.82, 2.24) is 14.8 Å². The van der Waals surface area contributed by atoms with E-state index < -0.39 is 6.17 Å². The van der Waals surface area contributed by atoms with Crippen molar-refractivity contribution in [2.45, 2.75) is 18.6 Å². The van der Waals surface area contributed by atoms with E-state index in [2.05, 4.69) is 10.1 Å². The number of halogens is 1. The summed E-state index contributed by atoms with van der Waals surface area (Å²) in [5.41, 5.74) is 6.52. The molecule has 0 fully saturated rings. The molecule has 1 aromatic carbocycles. The maximum atomic E-state index is 13.7. The summed E-state index contributed by atoms with van der Waals surface area (Å²) < 4.78 is 15.3. The van der Waals surface area contributed by atoms with Crippen molar-refractivity contribution in [2.24, 2.45) is 0 Å². The molecular formula is C11H11FN4. The van der Waals surface area contributed by atoms with Crippen molar-refractivity contribution >= 4 is 5.95 Å². The lowest BCUT2D eigenvalue weighted by Gasteiger charge is -2.10. The van der Waals surface area contributed by atoms with Crippen LogP contribution in [0.15, 0.2) is 30.3 Å². The van der Waals surface area contributed by atoms with Gasteiger partial charge in [-0.1, -0.05) is 30.3 Å². The van der Waals surface area contributed by atoms with Gasteiger partial charge in [-0.05, 0) is 5.56 Å². The van der Waals surface area contributed by atoms with Gasteiger partial charge >= 0.3 is 0 Å². The minimum atomic E-state index is -1.07. The van der Waals surface area contributed by atoms with E-state index in [-0.39, 0.29) is 12.0 Å². The first-order chi connectivity index (χ1) is 7.75. The van der Waals surface area contributed by atoms with Crippen LogP contribution in [0.25, 0.3) is 0 Å². The minimum Gasteiger partial charge on any atom is -0.366 e. The quantitative estimate of drug-likeness (QED) is 0.794. The molecule has 0 bridgehead atoms. The fraction of sp³-hybridized carbons (Fsp3) is 0.273. The second-order valence-electron chi connectivity index (χ2n) is 3.90. The summed E-state index contributed by atoms with van der Waals surface area (Å²) in [6, 6.07) is 9.63. The predicted octanol–water partition coefficient (Wildman–Crippen LogP) is 1.86. The van der Waals surface area contributed by atoms with E-state index in [1.807, 2.05) is 30.3 Å². The fourth-order valence-corrected chi connectivity index (χ4v) is 2.15. The normalized spacial score (nSPS) is 23.3. The molecule has 0 aliphatic carbocycles. The maximum Gasteiger partial charge on any atom is 0.239 e. The Bertz CT molecular complexity index is 508. The zero-order chi connectivity index (χ0) is 11.1. The number of nitrogens with two attached hydrogens (primary N) is 1. The number of alkyl halides is 1. The predicted molar refractivity (Wildman–Crippen MR) is 57.5 cm³/mol. The average molecular weight is 218 g/mol. The Balaban J connectivity index is 2.06. The summed E-state index contributed by atoms with van der Waals surface area (Å²) in [5.74, 6) is 0.477. The van der Waals surface area contributed by atoms with E-state index in [1.54, 1.807) is 4.68 Å². The van der Waals surface area contributed by atoms with Crippen LogP contribution in [0.4, 0.5) is 10.3 Å². The third-order valence-corrected chi connectivity index (χ3v) is 2.86. The first-order valence-corrected chi connectivity index (χ1v) is 5.16. The number of aromatic nitrogens is 3. The summed E-state index contributed by atoms with van der Waals surface area (Å²) in [6.07, 6.45) is -0.686. The zero-order valence-corrected chi connectivity index (χ0v) is 8.55. The Hall–Kier alpha value is -1.91. The lowest BCUT2D eigenvalue weighted by molar-refractivity contribution is 0.329. The van der Waals surface area contributed by atoms with Crippen molar-refractivity contribution in [1.29, 1.82) is 0 Å². The third kappa shape index (κ3) is 1.28. The van der Waals surface area contributed by atoms with Crippen LogP contribution in [0.1, 0.15) is 30.0 Å². The Morgan fingerprint density at radius 1 is 1.31 bits per heavy atom. The van der Waals surface area contributed by atoms with Gasteiger partial charge in [0.1, 0.15) is 0 Å². The van der Waals surface area contributed by atoms with Gasteiger partial charge in [-0.2, -0.15) is 4.98 Å². The largest absolute Gasteiger partial charge is 0.366 e. The first-order valence-electron chi connectivity index (χ1n) is 5.16. The smallest absolute Gasteiger partial charge is 0.239 e. The van der Waals surface area contributed by atoms with Gasteiger partial charge in [0, 0.05) is 6.42 Å². The number of fused-ring (bicyclic) bond motifs is 1. The molecule has 4 nitrogen and oxygen atoms in total. The molecule has 5 heteroatoms. The zero-order valence-electron chi connectivity index (χ0n) is 8.55. The molecule has 2 atom stereocenters. The lowest BCUT2D eigenvalue weighted by atomic mass is 10.0. The molecule has 16 heavy (non-hydrogen) atoms. The van der Waals surface area contributed by atoms with Crippen LogP contribution in [0.2, 0.25) is 0 Å². The van der Waals surface area contributed by atoms with E-state index in [4.69, 9.17) is 5.73 Å². The molecule has 1 aliphatic rings. The topological polar surface area (TPSA) is 56.7 Å². The molecule has 2 N–H and O–H groups in total. The molecule has 3 rings (SSSR count). The van der Waals surface area contributed by atoms with Gasteiger partial charge in [0.05, 0.1) is 6.04 Å². The van der Waals surface area contributed by atoms with Crippen LogP contribution >= 0.6 is 0 Å². The molecular weight excluding hydrogens is 207 g/mol. The van der Waals surface area contributed by atoms with Crippen molar-refractivity contribution in [3.63, 3.8) is 0 Å².